The lowest BCUT2D eigenvalue weighted by atomic mass is 9.94. The van der Waals surface area contributed by atoms with Crippen LogP contribution in [0.1, 0.15) is 29.0 Å². The highest BCUT2D eigenvalue weighted by Crippen LogP contribution is 2.26. The monoisotopic (exact) mass is 299 g/mol. The van der Waals surface area contributed by atoms with Crippen LogP contribution >= 0.6 is 11.6 Å². The summed E-state index contributed by atoms with van der Waals surface area (Å²) in [5.41, 5.74) is -0.589. The van der Waals surface area contributed by atoms with Gasteiger partial charge in [0.15, 0.2) is 6.29 Å². The van der Waals surface area contributed by atoms with Crippen molar-refractivity contribution in [2.45, 2.75) is 25.4 Å². The van der Waals surface area contributed by atoms with Crippen molar-refractivity contribution in [2.75, 3.05) is 31.7 Å². The van der Waals surface area contributed by atoms with Gasteiger partial charge in [-0.2, -0.15) is 0 Å². The van der Waals surface area contributed by atoms with E-state index in [1.54, 1.807) is 18.9 Å². The molecule has 0 amide bonds. The summed E-state index contributed by atoms with van der Waals surface area (Å²) >= 11 is 5.96. The third-order valence-electron chi connectivity index (χ3n) is 3.43. The number of aromatic nitrogens is 2. The van der Waals surface area contributed by atoms with Gasteiger partial charge >= 0.3 is 0 Å². The second-order valence-electron chi connectivity index (χ2n) is 5.11. The van der Waals surface area contributed by atoms with Crippen molar-refractivity contribution < 1.29 is 14.6 Å². The van der Waals surface area contributed by atoms with Crippen molar-refractivity contribution in [3.05, 3.63) is 16.5 Å². The zero-order chi connectivity index (χ0) is 14.8. The summed E-state index contributed by atoms with van der Waals surface area (Å²) in [7, 11) is 1.78. The van der Waals surface area contributed by atoms with Gasteiger partial charge in [-0.15, -0.1) is 0 Å². The molecule has 20 heavy (non-hydrogen) atoms. The van der Waals surface area contributed by atoms with E-state index in [9.17, 15) is 9.90 Å². The fraction of sp³-hybridized carbons (Fsp3) is 0.615. The summed E-state index contributed by atoms with van der Waals surface area (Å²) in [6.07, 6.45) is 1.76. The normalized spacial score (nSPS) is 17.8. The molecule has 1 aromatic rings. The number of carbonyl (C=O) groups is 1. The second-order valence-corrected chi connectivity index (χ2v) is 5.47. The number of hydrogen-bond donors (Lipinski definition) is 1. The first kappa shape index (κ1) is 15.2. The van der Waals surface area contributed by atoms with E-state index in [-0.39, 0.29) is 10.7 Å². The predicted molar refractivity (Wildman–Crippen MR) is 75.4 cm³/mol. The van der Waals surface area contributed by atoms with Gasteiger partial charge in [0.1, 0.15) is 16.8 Å². The van der Waals surface area contributed by atoms with Crippen molar-refractivity contribution >= 4 is 23.7 Å². The average molecular weight is 300 g/mol. The number of hydrogen-bond acceptors (Lipinski definition) is 6. The Labute approximate surface area is 122 Å². The first-order chi connectivity index (χ1) is 9.45. The second kappa shape index (κ2) is 6.03. The van der Waals surface area contributed by atoms with Crippen LogP contribution in [0.15, 0.2) is 0 Å². The van der Waals surface area contributed by atoms with E-state index >= 15 is 0 Å². The summed E-state index contributed by atoms with van der Waals surface area (Å²) in [6, 6.07) is 0. The van der Waals surface area contributed by atoms with Crippen LogP contribution in [0, 0.1) is 6.92 Å². The Morgan fingerprint density at radius 3 is 2.70 bits per heavy atom. The Morgan fingerprint density at radius 2 is 2.10 bits per heavy atom. The van der Waals surface area contributed by atoms with E-state index in [0.29, 0.717) is 50.5 Å². The highest BCUT2D eigenvalue weighted by Gasteiger charge is 2.32. The third kappa shape index (κ3) is 3.26. The predicted octanol–water partition coefficient (Wildman–Crippen LogP) is 1.23. The molecule has 0 aromatic carbocycles. The minimum absolute atomic E-state index is 0.133. The molecule has 0 radical (unpaired) electrons. The first-order valence-electron chi connectivity index (χ1n) is 6.46. The number of rotatable bonds is 4. The van der Waals surface area contributed by atoms with Crippen LogP contribution in [0.25, 0.3) is 0 Å². The SMILES string of the molecule is Cc1nc(Cl)c(C=O)c(N(C)CC2(O)CCOCC2)n1. The lowest BCUT2D eigenvalue weighted by Crippen LogP contribution is -2.46. The van der Waals surface area contributed by atoms with Crippen molar-refractivity contribution in [1.82, 2.24) is 9.97 Å². The van der Waals surface area contributed by atoms with Gasteiger partial charge in [-0.25, -0.2) is 9.97 Å². The third-order valence-corrected chi connectivity index (χ3v) is 3.71. The number of anilines is 1. The maximum Gasteiger partial charge on any atom is 0.156 e. The van der Waals surface area contributed by atoms with Crippen LogP contribution in [0.2, 0.25) is 5.15 Å². The van der Waals surface area contributed by atoms with Gasteiger partial charge in [0.2, 0.25) is 0 Å². The summed E-state index contributed by atoms with van der Waals surface area (Å²) < 4.78 is 5.25. The first-order valence-corrected chi connectivity index (χ1v) is 6.83. The highest BCUT2D eigenvalue weighted by atomic mass is 35.5. The molecule has 1 N–H and O–H groups in total. The summed E-state index contributed by atoms with van der Waals surface area (Å²) in [4.78, 5) is 21.1. The van der Waals surface area contributed by atoms with Gasteiger partial charge in [0, 0.05) is 39.6 Å². The molecular formula is C13H18ClN3O3. The summed E-state index contributed by atoms with van der Waals surface area (Å²) in [5, 5.41) is 10.7. The molecule has 7 heteroatoms. The van der Waals surface area contributed by atoms with Gasteiger partial charge in [0.05, 0.1) is 11.2 Å². The van der Waals surface area contributed by atoms with E-state index in [4.69, 9.17) is 16.3 Å². The zero-order valence-electron chi connectivity index (χ0n) is 11.6. The average Bonchev–Trinajstić information content (AvgIpc) is 2.38. The van der Waals surface area contributed by atoms with Gasteiger partial charge in [-0.3, -0.25) is 4.79 Å². The van der Waals surface area contributed by atoms with E-state index in [2.05, 4.69) is 9.97 Å². The minimum atomic E-state index is -0.835. The lowest BCUT2D eigenvalue weighted by molar-refractivity contribution is -0.0573. The fourth-order valence-electron chi connectivity index (χ4n) is 2.35. The lowest BCUT2D eigenvalue weighted by Gasteiger charge is -2.36. The van der Waals surface area contributed by atoms with Crippen LogP contribution in [0.5, 0.6) is 0 Å². The molecule has 1 aromatic heterocycles. The molecule has 2 heterocycles. The molecule has 1 fully saturated rings. The molecule has 1 aliphatic heterocycles. The molecule has 0 atom stereocenters. The zero-order valence-corrected chi connectivity index (χ0v) is 12.4. The standard InChI is InChI=1S/C13H18ClN3O3/c1-9-15-11(14)10(7-18)12(16-9)17(2)8-13(19)3-5-20-6-4-13/h7,19H,3-6,8H2,1-2H3. The number of aliphatic hydroxyl groups is 1. The summed E-state index contributed by atoms with van der Waals surface area (Å²) in [5.74, 6) is 0.929. The van der Waals surface area contributed by atoms with Crippen molar-refractivity contribution in [3.8, 4) is 0 Å². The number of nitrogens with zero attached hydrogens (tertiary/aromatic N) is 3. The number of aryl methyl sites for hydroxylation is 1. The molecular weight excluding hydrogens is 282 g/mol. The molecule has 0 aliphatic carbocycles. The van der Waals surface area contributed by atoms with E-state index < -0.39 is 5.60 Å². The van der Waals surface area contributed by atoms with E-state index in [0.717, 1.165) is 0 Å². The van der Waals surface area contributed by atoms with Crippen LogP contribution < -0.4 is 4.90 Å². The Hall–Kier alpha value is -1.24. The molecule has 0 unspecified atom stereocenters. The molecule has 0 spiro atoms. The van der Waals surface area contributed by atoms with Crippen molar-refractivity contribution in [3.63, 3.8) is 0 Å². The topological polar surface area (TPSA) is 75.6 Å². The number of carbonyl (C=O) groups excluding carboxylic acids is 1. The largest absolute Gasteiger partial charge is 0.388 e. The number of aldehydes is 1. The molecule has 110 valence electrons. The smallest absolute Gasteiger partial charge is 0.156 e. The van der Waals surface area contributed by atoms with Crippen LogP contribution in [0.4, 0.5) is 5.82 Å². The number of ether oxygens (including phenoxy) is 1. The highest BCUT2D eigenvalue weighted by molar-refractivity contribution is 6.32. The number of likely N-dealkylation sites (N-methyl/N-ethyl adjacent to an activating group) is 1. The Bertz CT molecular complexity index is 504. The van der Waals surface area contributed by atoms with Crippen molar-refractivity contribution in [2.24, 2.45) is 0 Å². The van der Waals surface area contributed by atoms with Crippen LogP contribution in [-0.4, -0.2) is 53.8 Å². The van der Waals surface area contributed by atoms with Gasteiger partial charge in [-0.1, -0.05) is 11.6 Å². The molecule has 0 saturated carbocycles. The Kier molecular flexibility index (Phi) is 4.57. The fourth-order valence-corrected chi connectivity index (χ4v) is 2.60. The van der Waals surface area contributed by atoms with E-state index in [1.165, 1.54) is 0 Å². The molecule has 0 bridgehead atoms. The van der Waals surface area contributed by atoms with Gasteiger partial charge in [-0.05, 0) is 6.92 Å². The molecule has 1 aliphatic rings. The van der Waals surface area contributed by atoms with Crippen molar-refractivity contribution in [1.29, 1.82) is 0 Å². The quantitative estimate of drug-likeness (QED) is 0.666. The maximum absolute atomic E-state index is 11.2. The summed E-state index contributed by atoms with van der Waals surface area (Å²) in [6.45, 7) is 3.15. The van der Waals surface area contributed by atoms with Gasteiger partial charge in [0.25, 0.3) is 0 Å². The van der Waals surface area contributed by atoms with Crippen LogP contribution in [0.3, 0.4) is 0 Å². The molecule has 6 nitrogen and oxygen atoms in total. The van der Waals surface area contributed by atoms with Gasteiger partial charge < -0.3 is 14.7 Å². The van der Waals surface area contributed by atoms with E-state index in [1.807, 2.05) is 0 Å². The minimum Gasteiger partial charge on any atom is -0.388 e. The number of halogens is 1. The van der Waals surface area contributed by atoms with Crippen LogP contribution in [-0.2, 0) is 4.74 Å². The Morgan fingerprint density at radius 1 is 1.45 bits per heavy atom. The molecule has 2 rings (SSSR count). The maximum atomic E-state index is 11.2. The molecule has 1 saturated heterocycles. The Balaban J connectivity index is 2.24.